The first-order valence-corrected chi connectivity index (χ1v) is 5.69. The van der Waals surface area contributed by atoms with E-state index in [4.69, 9.17) is 0 Å². The lowest BCUT2D eigenvalue weighted by Gasteiger charge is -2.09. The summed E-state index contributed by atoms with van der Waals surface area (Å²) >= 11 is 1.59. The fraction of sp³-hybridized carbons (Fsp3) is 0.444. The summed E-state index contributed by atoms with van der Waals surface area (Å²) in [5.41, 5.74) is 1.04. The Morgan fingerprint density at radius 2 is 2.40 bits per heavy atom. The summed E-state index contributed by atoms with van der Waals surface area (Å²) in [6.07, 6.45) is 2.67. The zero-order valence-electron chi connectivity index (χ0n) is 8.69. The molecule has 0 spiro atoms. The minimum Gasteiger partial charge on any atom is -0.352 e. The highest BCUT2D eigenvalue weighted by molar-refractivity contribution is 7.15. The Kier molecular flexibility index (Phi) is 2.96. The van der Waals surface area contributed by atoms with Crippen molar-refractivity contribution in [3.63, 3.8) is 0 Å². The molecule has 0 aliphatic rings. The van der Waals surface area contributed by atoms with Crippen LogP contribution in [0, 0.1) is 0 Å². The van der Waals surface area contributed by atoms with E-state index in [0.29, 0.717) is 0 Å². The van der Waals surface area contributed by atoms with Crippen molar-refractivity contribution in [2.75, 3.05) is 5.32 Å². The number of rotatable bonds is 4. The first-order chi connectivity index (χ1) is 7.29. The van der Waals surface area contributed by atoms with E-state index >= 15 is 0 Å². The summed E-state index contributed by atoms with van der Waals surface area (Å²) in [5, 5.41) is 20.1. The summed E-state index contributed by atoms with van der Waals surface area (Å²) in [6.45, 7) is 4.13. The van der Waals surface area contributed by atoms with E-state index in [9.17, 15) is 0 Å². The maximum Gasteiger partial charge on any atom is 0.206 e. The van der Waals surface area contributed by atoms with Crippen LogP contribution in [0.2, 0.25) is 0 Å². The summed E-state index contributed by atoms with van der Waals surface area (Å²) < 4.78 is 0. The van der Waals surface area contributed by atoms with Gasteiger partial charge in [-0.3, -0.25) is 5.10 Å². The van der Waals surface area contributed by atoms with Crippen molar-refractivity contribution in [2.24, 2.45) is 0 Å². The quantitative estimate of drug-likeness (QED) is 0.832. The zero-order valence-corrected chi connectivity index (χ0v) is 9.51. The highest BCUT2D eigenvalue weighted by atomic mass is 32.1. The molecule has 1 atom stereocenters. The Labute approximate surface area is 91.9 Å². The van der Waals surface area contributed by atoms with Crippen LogP contribution in [0.1, 0.15) is 30.6 Å². The molecule has 0 amide bonds. The third-order valence-electron chi connectivity index (χ3n) is 2.10. The Balaban J connectivity index is 2.02. The van der Waals surface area contributed by atoms with Crippen molar-refractivity contribution < 1.29 is 0 Å². The van der Waals surface area contributed by atoms with E-state index in [1.807, 2.05) is 6.07 Å². The number of aromatic nitrogens is 4. The fourth-order valence-electron chi connectivity index (χ4n) is 1.23. The average molecular weight is 223 g/mol. The molecule has 15 heavy (non-hydrogen) atoms. The molecular formula is C9H13N5S. The molecule has 2 aromatic heterocycles. The predicted octanol–water partition coefficient (Wildman–Crippen LogP) is 2.00. The Morgan fingerprint density at radius 3 is 3.00 bits per heavy atom. The van der Waals surface area contributed by atoms with Gasteiger partial charge < -0.3 is 5.32 Å². The van der Waals surface area contributed by atoms with Crippen molar-refractivity contribution >= 4 is 16.5 Å². The standard InChI is InChI=1S/C9H13N5S/c1-3-8-13-14-9(15-8)11-6(2)7-4-5-10-12-7/h4-6H,3H2,1-2H3,(H,10,12)(H,11,14). The molecule has 0 bridgehead atoms. The lowest BCUT2D eigenvalue weighted by Crippen LogP contribution is -2.06. The summed E-state index contributed by atoms with van der Waals surface area (Å²) in [6, 6.07) is 2.12. The number of hydrogen-bond donors (Lipinski definition) is 2. The minimum atomic E-state index is 0.171. The zero-order chi connectivity index (χ0) is 10.7. The van der Waals surface area contributed by atoms with Gasteiger partial charge in [-0.2, -0.15) is 5.10 Å². The predicted molar refractivity (Wildman–Crippen MR) is 59.9 cm³/mol. The van der Waals surface area contributed by atoms with Gasteiger partial charge >= 0.3 is 0 Å². The SMILES string of the molecule is CCc1nnc(NC(C)c2ccn[nH]2)s1. The molecule has 0 saturated carbocycles. The number of aryl methyl sites for hydroxylation is 1. The molecule has 80 valence electrons. The number of aromatic amines is 1. The normalized spacial score (nSPS) is 12.7. The summed E-state index contributed by atoms with van der Waals surface area (Å²) in [5.74, 6) is 0. The van der Waals surface area contributed by atoms with Gasteiger partial charge in [-0.15, -0.1) is 10.2 Å². The summed E-state index contributed by atoms with van der Waals surface area (Å²) in [7, 11) is 0. The Hall–Kier alpha value is -1.43. The lowest BCUT2D eigenvalue weighted by atomic mass is 10.2. The molecule has 2 heterocycles. The molecule has 0 aromatic carbocycles. The van der Waals surface area contributed by atoms with E-state index in [1.54, 1.807) is 17.5 Å². The van der Waals surface area contributed by atoms with Crippen molar-refractivity contribution in [1.82, 2.24) is 20.4 Å². The van der Waals surface area contributed by atoms with Gasteiger partial charge in [0.25, 0.3) is 0 Å². The van der Waals surface area contributed by atoms with Crippen LogP contribution in [0.3, 0.4) is 0 Å². The van der Waals surface area contributed by atoms with Crippen LogP contribution in [-0.4, -0.2) is 20.4 Å². The van der Waals surface area contributed by atoms with Crippen molar-refractivity contribution in [3.8, 4) is 0 Å². The van der Waals surface area contributed by atoms with Gasteiger partial charge in [-0.1, -0.05) is 18.3 Å². The van der Waals surface area contributed by atoms with Crippen LogP contribution >= 0.6 is 11.3 Å². The second kappa shape index (κ2) is 4.39. The van der Waals surface area contributed by atoms with Crippen LogP contribution in [0.4, 0.5) is 5.13 Å². The van der Waals surface area contributed by atoms with Gasteiger partial charge in [0.05, 0.1) is 11.7 Å². The molecule has 0 fully saturated rings. The van der Waals surface area contributed by atoms with Gasteiger partial charge in [0.2, 0.25) is 5.13 Å². The number of nitrogens with zero attached hydrogens (tertiary/aromatic N) is 3. The third kappa shape index (κ3) is 2.33. The first kappa shape index (κ1) is 10.1. The van der Waals surface area contributed by atoms with E-state index in [1.165, 1.54) is 0 Å². The number of nitrogens with one attached hydrogen (secondary N) is 2. The molecule has 0 saturated heterocycles. The molecule has 6 heteroatoms. The smallest absolute Gasteiger partial charge is 0.206 e. The maximum atomic E-state index is 4.06. The van der Waals surface area contributed by atoms with Crippen molar-refractivity contribution in [2.45, 2.75) is 26.3 Å². The maximum absolute atomic E-state index is 4.06. The fourth-order valence-corrected chi connectivity index (χ4v) is 1.99. The van der Waals surface area contributed by atoms with Crippen LogP contribution in [0.25, 0.3) is 0 Å². The molecule has 2 rings (SSSR count). The highest BCUT2D eigenvalue weighted by Crippen LogP contribution is 2.20. The monoisotopic (exact) mass is 223 g/mol. The third-order valence-corrected chi connectivity index (χ3v) is 3.10. The van der Waals surface area contributed by atoms with Gasteiger partial charge in [0.1, 0.15) is 5.01 Å². The number of hydrogen-bond acceptors (Lipinski definition) is 5. The van der Waals surface area contributed by atoms with Crippen molar-refractivity contribution in [1.29, 1.82) is 0 Å². The molecule has 0 radical (unpaired) electrons. The molecular weight excluding hydrogens is 210 g/mol. The summed E-state index contributed by atoms with van der Waals surface area (Å²) in [4.78, 5) is 0. The second-order valence-corrected chi connectivity index (χ2v) is 4.29. The van der Waals surface area contributed by atoms with Gasteiger partial charge in [0.15, 0.2) is 0 Å². The minimum absolute atomic E-state index is 0.171. The number of anilines is 1. The first-order valence-electron chi connectivity index (χ1n) is 4.87. The number of H-pyrrole nitrogens is 1. The van der Waals surface area contributed by atoms with E-state index < -0.39 is 0 Å². The molecule has 1 unspecified atom stereocenters. The highest BCUT2D eigenvalue weighted by Gasteiger charge is 2.09. The Bertz CT molecular complexity index is 408. The molecule has 2 N–H and O–H groups in total. The van der Waals surface area contributed by atoms with Gasteiger partial charge in [-0.25, -0.2) is 0 Å². The molecule has 0 aliphatic heterocycles. The molecule has 2 aromatic rings. The van der Waals surface area contributed by atoms with Gasteiger partial charge in [-0.05, 0) is 19.4 Å². The van der Waals surface area contributed by atoms with Crippen LogP contribution in [-0.2, 0) is 6.42 Å². The van der Waals surface area contributed by atoms with Crippen LogP contribution in [0.5, 0.6) is 0 Å². The lowest BCUT2D eigenvalue weighted by molar-refractivity contribution is 0.818. The van der Waals surface area contributed by atoms with Gasteiger partial charge in [0, 0.05) is 6.20 Å². The van der Waals surface area contributed by atoms with Crippen molar-refractivity contribution in [3.05, 3.63) is 23.0 Å². The topological polar surface area (TPSA) is 66.5 Å². The largest absolute Gasteiger partial charge is 0.352 e. The van der Waals surface area contributed by atoms with E-state index in [2.05, 4.69) is 39.6 Å². The van der Waals surface area contributed by atoms with Crippen LogP contribution < -0.4 is 5.32 Å². The second-order valence-electron chi connectivity index (χ2n) is 3.23. The molecule has 0 aliphatic carbocycles. The van der Waals surface area contributed by atoms with E-state index in [-0.39, 0.29) is 6.04 Å². The average Bonchev–Trinajstić information content (AvgIpc) is 2.87. The molecule has 5 nitrogen and oxygen atoms in total. The van der Waals surface area contributed by atoms with E-state index in [0.717, 1.165) is 22.3 Å². The Morgan fingerprint density at radius 1 is 1.53 bits per heavy atom. The van der Waals surface area contributed by atoms with Crippen LogP contribution in [0.15, 0.2) is 12.3 Å².